The van der Waals surface area contributed by atoms with E-state index in [9.17, 15) is 18.0 Å². The van der Waals surface area contributed by atoms with Gasteiger partial charge in [0.1, 0.15) is 0 Å². The molecule has 0 saturated heterocycles. The molecule has 118 valence electrons. The summed E-state index contributed by atoms with van der Waals surface area (Å²) in [6.07, 6.45) is -4.82. The zero-order valence-corrected chi connectivity index (χ0v) is 12.4. The highest BCUT2D eigenvalue weighted by Gasteiger charge is 2.32. The Morgan fingerprint density at radius 1 is 1.29 bits per heavy atom. The number of nitrogens with zero attached hydrogens (tertiary/aromatic N) is 1. The maximum absolute atomic E-state index is 12.2. The first-order valence-electron chi connectivity index (χ1n) is 6.45. The smallest absolute Gasteiger partial charge is 0.404 e. The second-order valence-electron chi connectivity index (χ2n) is 5.20. The van der Waals surface area contributed by atoms with Crippen LogP contribution in [0.15, 0.2) is 18.2 Å². The third kappa shape index (κ3) is 4.54. The van der Waals surface area contributed by atoms with Gasteiger partial charge in [0.2, 0.25) is 0 Å². The third-order valence-electron chi connectivity index (χ3n) is 3.38. The van der Waals surface area contributed by atoms with Crippen LogP contribution in [-0.2, 0) is 0 Å². The molecule has 1 rings (SSSR count). The van der Waals surface area contributed by atoms with Gasteiger partial charge in [-0.1, -0.05) is 13.8 Å². The molecule has 0 aliphatic heterocycles. The number of carbonyl (C=O) groups excluding carboxylic acids is 1. The summed E-state index contributed by atoms with van der Waals surface area (Å²) < 4.78 is 40.2. The van der Waals surface area contributed by atoms with Gasteiger partial charge in [0.25, 0.3) is 5.91 Å². The first-order chi connectivity index (χ1) is 9.53. The van der Waals surface area contributed by atoms with E-state index in [1.54, 1.807) is 7.05 Å². The highest BCUT2D eigenvalue weighted by molar-refractivity contribution is 5.95. The Bertz CT molecular complexity index is 515. The molecule has 0 saturated carbocycles. The van der Waals surface area contributed by atoms with Crippen LogP contribution in [0.2, 0.25) is 0 Å². The molecule has 0 aliphatic rings. The van der Waals surface area contributed by atoms with Crippen LogP contribution in [0, 0.1) is 5.92 Å². The van der Waals surface area contributed by atoms with E-state index in [-0.39, 0.29) is 29.1 Å². The molecule has 0 heterocycles. The molecule has 1 unspecified atom stereocenters. The topological polar surface area (TPSA) is 55.6 Å². The lowest BCUT2D eigenvalue weighted by atomic mass is 10.0. The number of hydrogen-bond acceptors (Lipinski definition) is 3. The van der Waals surface area contributed by atoms with Crippen molar-refractivity contribution >= 4 is 11.6 Å². The molecule has 0 spiro atoms. The monoisotopic (exact) mass is 304 g/mol. The van der Waals surface area contributed by atoms with Crippen molar-refractivity contribution in [1.29, 1.82) is 0 Å². The molecule has 4 nitrogen and oxygen atoms in total. The minimum absolute atomic E-state index is 0.00942. The number of carbonyl (C=O) groups is 1. The largest absolute Gasteiger partial charge is 0.573 e. The van der Waals surface area contributed by atoms with Crippen LogP contribution in [-0.4, -0.2) is 30.3 Å². The fourth-order valence-corrected chi connectivity index (χ4v) is 1.73. The number of halogens is 3. The minimum Gasteiger partial charge on any atom is -0.404 e. The fourth-order valence-electron chi connectivity index (χ4n) is 1.73. The van der Waals surface area contributed by atoms with Crippen LogP contribution in [0.5, 0.6) is 5.75 Å². The van der Waals surface area contributed by atoms with Crippen molar-refractivity contribution in [3.05, 3.63) is 23.8 Å². The summed E-state index contributed by atoms with van der Waals surface area (Å²) in [5.41, 5.74) is 5.49. The molecule has 1 aromatic rings. The van der Waals surface area contributed by atoms with E-state index in [1.165, 1.54) is 17.0 Å². The molecule has 0 aromatic heterocycles. The summed E-state index contributed by atoms with van der Waals surface area (Å²) in [7, 11) is 1.64. The Morgan fingerprint density at radius 3 is 2.29 bits per heavy atom. The van der Waals surface area contributed by atoms with E-state index in [1.807, 2.05) is 20.8 Å². The van der Waals surface area contributed by atoms with Gasteiger partial charge in [0.05, 0.1) is 5.69 Å². The average Bonchev–Trinajstić information content (AvgIpc) is 2.37. The van der Waals surface area contributed by atoms with Crippen molar-refractivity contribution in [2.45, 2.75) is 33.2 Å². The maximum atomic E-state index is 12.2. The van der Waals surface area contributed by atoms with Crippen molar-refractivity contribution in [1.82, 2.24) is 4.90 Å². The Labute approximate surface area is 121 Å². The van der Waals surface area contributed by atoms with Gasteiger partial charge in [-0.15, -0.1) is 13.2 Å². The normalized spacial score (nSPS) is 13.1. The van der Waals surface area contributed by atoms with E-state index in [0.717, 1.165) is 6.07 Å². The zero-order valence-electron chi connectivity index (χ0n) is 12.4. The van der Waals surface area contributed by atoms with Gasteiger partial charge in [-0.25, -0.2) is 0 Å². The number of benzene rings is 1. The van der Waals surface area contributed by atoms with Crippen molar-refractivity contribution in [2.75, 3.05) is 12.8 Å². The Balaban J connectivity index is 2.96. The average molecular weight is 304 g/mol. The fraction of sp³-hybridized carbons (Fsp3) is 0.500. The summed E-state index contributed by atoms with van der Waals surface area (Å²) in [5, 5.41) is 0. The van der Waals surface area contributed by atoms with Crippen molar-refractivity contribution in [2.24, 2.45) is 5.92 Å². The van der Waals surface area contributed by atoms with Gasteiger partial charge >= 0.3 is 6.36 Å². The van der Waals surface area contributed by atoms with Gasteiger partial charge in [0, 0.05) is 18.7 Å². The van der Waals surface area contributed by atoms with Crippen LogP contribution in [0.1, 0.15) is 31.1 Å². The number of hydrogen-bond donors (Lipinski definition) is 1. The third-order valence-corrected chi connectivity index (χ3v) is 3.38. The Kier molecular flexibility index (Phi) is 5.09. The first kappa shape index (κ1) is 17.1. The van der Waals surface area contributed by atoms with Crippen molar-refractivity contribution in [3.8, 4) is 5.75 Å². The predicted octanol–water partition coefficient (Wildman–Crippen LogP) is 3.28. The van der Waals surface area contributed by atoms with Crippen LogP contribution < -0.4 is 10.5 Å². The standard InChI is InChI=1S/C14H19F3N2O2/c1-8(2)9(3)19(4)13(20)10-5-6-12(11(18)7-10)21-14(15,16)17/h5-9H,18H2,1-4H3. The number of anilines is 1. The number of alkyl halides is 3. The van der Waals surface area contributed by atoms with Gasteiger partial charge < -0.3 is 15.4 Å². The Hall–Kier alpha value is -1.92. The summed E-state index contributed by atoms with van der Waals surface area (Å²) in [5.74, 6) is -0.566. The molecule has 1 atom stereocenters. The van der Waals surface area contributed by atoms with E-state index >= 15 is 0 Å². The SMILES string of the molecule is CC(C)C(C)N(C)C(=O)c1ccc(OC(F)(F)F)c(N)c1. The summed E-state index contributed by atoms with van der Waals surface area (Å²) in [4.78, 5) is 13.8. The van der Waals surface area contributed by atoms with Crippen LogP contribution in [0.25, 0.3) is 0 Å². The van der Waals surface area contributed by atoms with Gasteiger partial charge in [-0.2, -0.15) is 0 Å². The number of ether oxygens (including phenoxy) is 1. The van der Waals surface area contributed by atoms with Crippen LogP contribution in [0.4, 0.5) is 18.9 Å². The second-order valence-corrected chi connectivity index (χ2v) is 5.20. The molecule has 0 aliphatic carbocycles. The van der Waals surface area contributed by atoms with Gasteiger partial charge in [0.15, 0.2) is 5.75 Å². The lowest BCUT2D eigenvalue weighted by Gasteiger charge is -2.28. The number of rotatable bonds is 4. The number of amides is 1. The molecule has 0 bridgehead atoms. The number of nitrogen functional groups attached to an aromatic ring is 1. The maximum Gasteiger partial charge on any atom is 0.573 e. The summed E-state index contributed by atoms with van der Waals surface area (Å²) >= 11 is 0. The van der Waals surface area contributed by atoms with E-state index in [2.05, 4.69) is 4.74 Å². The highest BCUT2D eigenvalue weighted by atomic mass is 19.4. The molecule has 2 N–H and O–H groups in total. The van der Waals surface area contributed by atoms with Gasteiger partial charge in [-0.05, 0) is 31.0 Å². The van der Waals surface area contributed by atoms with Crippen LogP contribution >= 0.6 is 0 Å². The molecule has 0 radical (unpaired) electrons. The number of nitrogens with two attached hydrogens (primary N) is 1. The van der Waals surface area contributed by atoms with E-state index in [4.69, 9.17) is 5.73 Å². The van der Waals surface area contributed by atoms with Crippen molar-refractivity contribution < 1.29 is 22.7 Å². The van der Waals surface area contributed by atoms with Gasteiger partial charge in [-0.3, -0.25) is 4.79 Å². The summed E-state index contributed by atoms with van der Waals surface area (Å²) in [6.45, 7) is 5.85. The lowest BCUT2D eigenvalue weighted by molar-refractivity contribution is -0.274. The summed E-state index contributed by atoms with van der Waals surface area (Å²) in [6, 6.07) is 3.49. The van der Waals surface area contributed by atoms with E-state index < -0.39 is 12.1 Å². The molecular formula is C14H19F3N2O2. The van der Waals surface area contributed by atoms with E-state index in [0.29, 0.717) is 0 Å². The first-order valence-corrected chi connectivity index (χ1v) is 6.45. The molecular weight excluding hydrogens is 285 g/mol. The predicted molar refractivity (Wildman–Crippen MR) is 73.9 cm³/mol. The molecule has 1 amide bonds. The molecule has 0 fully saturated rings. The lowest BCUT2D eigenvalue weighted by Crippen LogP contribution is -2.38. The zero-order chi connectivity index (χ0) is 16.4. The minimum atomic E-state index is -4.82. The Morgan fingerprint density at radius 2 is 1.86 bits per heavy atom. The molecule has 1 aromatic carbocycles. The second kappa shape index (κ2) is 6.24. The molecule has 21 heavy (non-hydrogen) atoms. The van der Waals surface area contributed by atoms with Crippen LogP contribution in [0.3, 0.4) is 0 Å². The van der Waals surface area contributed by atoms with Crippen molar-refractivity contribution in [3.63, 3.8) is 0 Å². The highest BCUT2D eigenvalue weighted by Crippen LogP contribution is 2.29. The quantitative estimate of drug-likeness (QED) is 0.868. The molecule has 7 heteroatoms.